The first kappa shape index (κ1) is 14.1. The van der Waals surface area contributed by atoms with Gasteiger partial charge in [0.05, 0.1) is 23.9 Å². The van der Waals surface area contributed by atoms with Crippen LogP contribution in [0.1, 0.15) is 12.8 Å². The molecule has 1 aromatic rings. The number of nitrogens with one attached hydrogen (secondary N) is 1. The van der Waals surface area contributed by atoms with Crippen molar-refractivity contribution in [3.63, 3.8) is 0 Å². The lowest BCUT2D eigenvalue weighted by atomic mass is 10.2. The molecule has 0 aliphatic carbocycles. The Morgan fingerprint density at radius 3 is 3.05 bits per heavy atom. The number of nitrogen functional groups attached to an aromatic ring is 1. The lowest BCUT2D eigenvalue weighted by Gasteiger charge is -2.21. The third-order valence-electron chi connectivity index (χ3n) is 3.32. The number of hydrogen-bond donors (Lipinski definition) is 3. The average molecular weight is 284 g/mol. The van der Waals surface area contributed by atoms with Crippen LogP contribution in [0.2, 0.25) is 5.02 Å². The van der Waals surface area contributed by atoms with Gasteiger partial charge in [0.1, 0.15) is 0 Å². The number of aliphatic hydroxyl groups excluding tert-OH is 1. The van der Waals surface area contributed by atoms with Crippen LogP contribution in [0.4, 0.5) is 11.4 Å². The van der Waals surface area contributed by atoms with Crippen molar-refractivity contribution in [3.05, 3.63) is 23.2 Å². The monoisotopic (exact) mass is 283 g/mol. The number of aliphatic hydroxyl groups is 1. The number of anilines is 2. The molecule has 0 saturated carbocycles. The molecular formula is C13H18ClN3O2. The topological polar surface area (TPSA) is 78.6 Å². The van der Waals surface area contributed by atoms with Crippen LogP contribution in [0.5, 0.6) is 0 Å². The van der Waals surface area contributed by atoms with Crippen LogP contribution >= 0.6 is 11.6 Å². The van der Waals surface area contributed by atoms with Crippen molar-refractivity contribution in [2.75, 3.05) is 30.7 Å². The highest BCUT2D eigenvalue weighted by molar-refractivity contribution is 6.34. The first-order valence-corrected chi connectivity index (χ1v) is 6.67. The molecule has 1 amide bonds. The van der Waals surface area contributed by atoms with Crippen LogP contribution in [0.3, 0.4) is 0 Å². The Hall–Kier alpha value is -1.30. The van der Waals surface area contributed by atoms with Crippen molar-refractivity contribution < 1.29 is 9.90 Å². The zero-order chi connectivity index (χ0) is 13.8. The minimum atomic E-state index is -0.132. The number of halogens is 1. The van der Waals surface area contributed by atoms with Crippen molar-refractivity contribution in [1.82, 2.24) is 4.90 Å². The number of nitrogens with zero attached hydrogens (tertiary/aromatic N) is 1. The van der Waals surface area contributed by atoms with E-state index in [1.54, 1.807) is 18.2 Å². The third kappa shape index (κ3) is 3.59. The molecule has 0 bridgehead atoms. The number of amides is 1. The van der Waals surface area contributed by atoms with Crippen LogP contribution in [0.25, 0.3) is 0 Å². The SMILES string of the molecule is Nc1ccc(NC(=O)CN2CCCC2CO)c(Cl)c1. The van der Waals surface area contributed by atoms with Crippen LogP contribution < -0.4 is 11.1 Å². The number of nitrogens with two attached hydrogens (primary N) is 1. The lowest BCUT2D eigenvalue weighted by molar-refractivity contribution is -0.117. The highest BCUT2D eigenvalue weighted by Crippen LogP contribution is 2.24. The maximum Gasteiger partial charge on any atom is 0.238 e. The van der Waals surface area contributed by atoms with Gasteiger partial charge in [-0.3, -0.25) is 9.69 Å². The van der Waals surface area contributed by atoms with Crippen LogP contribution in [0.15, 0.2) is 18.2 Å². The van der Waals surface area contributed by atoms with Gasteiger partial charge in [-0.15, -0.1) is 0 Å². The van der Waals surface area contributed by atoms with Gasteiger partial charge in [0, 0.05) is 11.7 Å². The molecule has 0 radical (unpaired) electrons. The Morgan fingerprint density at radius 2 is 2.37 bits per heavy atom. The number of rotatable bonds is 4. The molecule has 5 nitrogen and oxygen atoms in total. The number of likely N-dealkylation sites (tertiary alicyclic amines) is 1. The molecule has 1 atom stereocenters. The molecule has 0 aromatic heterocycles. The van der Waals surface area contributed by atoms with Crippen molar-refractivity contribution in [2.45, 2.75) is 18.9 Å². The van der Waals surface area contributed by atoms with E-state index in [4.69, 9.17) is 17.3 Å². The summed E-state index contributed by atoms with van der Waals surface area (Å²) in [5.41, 5.74) is 6.71. The summed E-state index contributed by atoms with van der Waals surface area (Å²) < 4.78 is 0. The van der Waals surface area contributed by atoms with E-state index in [0.29, 0.717) is 16.4 Å². The van der Waals surface area contributed by atoms with Gasteiger partial charge in [-0.25, -0.2) is 0 Å². The molecule has 4 N–H and O–H groups in total. The lowest BCUT2D eigenvalue weighted by Crippen LogP contribution is -2.38. The van der Waals surface area contributed by atoms with E-state index in [-0.39, 0.29) is 25.1 Å². The summed E-state index contributed by atoms with van der Waals surface area (Å²) in [6, 6.07) is 5.06. The van der Waals surface area contributed by atoms with E-state index in [0.717, 1.165) is 19.4 Å². The van der Waals surface area contributed by atoms with Crippen LogP contribution in [-0.2, 0) is 4.79 Å². The van der Waals surface area contributed by atoms with Crippen molar-refractivity contribution >= 4 is 28.9 Å². The van der Waals surface area contributed by atoms with Gasteiger partial charge >= 0.3 is 0 Å². The first-order chi connectivity index (χ1) is 9.10. The van der Waals surface area contributed by atoms with E-state index < -0.39 is 0 Å². The predicted molar refractivity (Wildman–Crippen MR) is 76.2 cm³/mol. The van der Waals surface area contributed by atoms with Crippen molar-refractivity contribution in [3.8, 4) is 0 Å². The van der Waals surface area contributed by atoms with E-state index in [1.807, 2.05) is 4.90 Å². The van der Waals surface area contributed by atoms with Gasteiger partial charge < -0.3 is 16.2 Å². The van der Waals surface area contributed by atoms with Crippen molar-refractivity contribution in [1.29, 1.82) is 0 Å². The second kappa shape index (κ2) is 6.23. The predicted octanol–water partition coefficient (Wildman–Crippen LogP) is 1.32. The maximum absolute atomic E-state index is 11.9. The molecule has 1 aliphatic heterocycles. The summed E-state index contributed by atoms with van der Waals surface area (Å²) in [4.78, 5) is 13.9. The molecule has 1 fully saturated rings. The Balaban J connectivity index is 1.94. The average Bonchev–Trinajstić information content (AvgIpc) is 2.80. The standard InChI is InChI=1S/C13H18ClN3O2/c14-11-6-9(15)3-4-12(11)16-13(19)7-17-5-1-2-10(17)8-18/h3-4,6,10,18H,1-2,5,7-8,15H2,(H,16,19). The van der Waals surface area contributed by atoms with E-state index in [2.05, 4.69) is 5.32 Å². The second-order valence-corrected chi connectivity index (χ2v) is 5.14. The van der Waals surface area contributed by atoms with Crippen LogP contribution in [0, 0.1) is 0 Å². The molecule has 1 saturated heterocycles. The molecule has 1 unspecified atom stereocenters. The van der Waals surface area contributed by atoms with E-state index in [1.165, 1.54) is 0 Å². The molecule has 1 aromatic carbocycles. The Kier molecular flexibility index (Phi) is 4.63. The van der Waals surface area contributed by atoms with Gasteiger partial charge in [-0.05, 0) is 37.6 Å². The zero-order valence-electron chi connectivity index (χ0n) is 10.6. The van der Waals surface area contributed by atoms with Gasteiger partial charge in [0.2, 0.25) is 5.91 Å². The number of carbonyl (C=O) groups excluding carboxylic acids is 1. The zero-order valence-corrected chi connectivity index (χ0v) is 11.4. The fraction of sp³-hybridized carbons (Fsp3) is 0.462. The minimum absolute atomic E-state index is 0.0904. The Morgan fingerprint density at radius 1 is 1.58 bits per heavy atom. The summed E-state index contributed by atoms with van der Waals surface area (Å²) in [7, 11) is 0. The fourth-order valence-electron chi connectivity index (χ4n) is 2.32. The fourth-order valence-corrected chi connectivity index (χ4v) is 2.55. The number of hydrogen-bond acceptors (Lipinski definition) is 4. The summed E-state index contributed by atoms with van der Waals surface area (Å²) in [6.07, 6.45) is 1.95. The smallest absolute Gasteiger partial charge is 0.238 e. The van der Waals surface area contributed by atoms with Crippen LogP contribution in [-0.4, -0.2) is 41.7 Å². The third-order valence-corrected chi connectivity index (χ3v) is 3.64. The van der Waals surface area contributed by atoms with Gasteiger partial charge in [-0.1, -0.05) is 11.6 Å². The molecular weight excluding hydrogens is 266 g/mol. The van der Waals surface area contributed by atoms with Crippen molar-refractivity contribution in [2.24, 2.45) is 0 Å². The summed E-state index contributed by atoms with van der Waals surface area (Å²) in [5, 5.41) is 12.4. The minimum Gasteiger partial charge on any atom is -0.399 e. The molecule has 19 heavy (non-hydrogen) atoms. The van der Waals surface area contributed by atoms with E-state index in [9.17, 15) is 9.90 Å². The number of carbonyl (C=O) groups is 1. The summed E-state index contributed by atoms with van der Waals surface area (Å²) >= 11 is 6.00. The Labute approximate surface area is 117 Å². The summed E-state index contributed by atoms with van der Waals surface area (Å²) in [5.74, 6) is -0.132. The van der Waals surface area contributed by atoms with E-state index >= 15 is 0 Å². The molecule has 104 valence electrons. The second-order valence-electron chi connectivity index (χ2n) is 4.74. The molecule has 2 rings (SSSR count). The highest BCUT2D eigenvalue weighted by Gasteiger charge is 2.25. The van der Waals surface area contributed by atoms with Gasteiger partial charge in [0.25, 0.3) is 0 Å². The van der Waals surface area contributed by atoms with Gasteiger partial charge in [-0.2, -0.15) is 0 Å². The molecule has 0 spiro atoms. The maximum atomic E-state index is 11.9. The quantitative estimate of drug-likeness (QED) is 0.728. The first-order valence-electron chi connectivity index (χ1n) is 6.30. The molecule has 1 heterocycles. The molecule has 6 heteroatoms. The largest absolute Gasteiger partial charge is 0.399 e. The normalized spacial score (nSPS) is 19.6. The van der Waals surface area contributed by atoms with Gasteiger partial charge in [0.15, 0.2) is 0 Å². The highest BCUT2D eigenvalue weighted by atomic mass is 35.5. The molecule has 1 aliphatic rings. The Bertz CT molecular complexity index is 467. The summed E-state index contributed by atoms with van der Waals surface area (Å²) in [6.45, 7) is 1.20. The number of benzene rings is 1.